The van der Waals surface area contributed by atoms with E-state index in [-0.39, 0.29) is 17.6 Å². The second-order valence-corrected chi connectivity index (χ2v) is 5.89. The Labute approximate surface area is 150 Å². The van der Waals surface area contributed by atoms with Crippen LogP contribution >= 0.6 is 0 Å². The molecule has 0 aliphatic carbocycles. The normalized spacial score (nSPS) is 12.5. The van der Waals surface area contributed by atoms with Gasteiger partial charge in [0.25, 0.3) is 0 Å². The highest BCUT2D eigenvalue weighted by atomic mass is 19.3. The van der Waals surface area contributed by atoms with Gasteiger partial charge in [-0.1, -0.05) is 47.6 Å². The van der Waals surface area contributed by atoms with Crippen LogP contribution in [0.2, 0.25) is 0 Å². The summed E-state index contributed by atoms with van der Waals surface area (Å²) in [6, 6.07) is 16.6. The molecule has 1 heterocycles. The van der Waals surface area contributed by atoms with Crippen molar-refractivity contribution < 1.29 is 18.0 Å². The first kappa shape index (κ1) is 18.0. The monoisotopic (exact) mass is 359 g/mol. The molecule has 3 rings (SSSR count). The molecule has 26 heavy (non-hydrogen) atoms. The Morgan fingerprint density at radius 1 is 1.08 bits per heavy atom. The third-order valence-electron chi connectivity index (χ3n) is 4.14. The van der Waals surface area contributed by atoms with E-state index in [0.717, 1.165) is 0 Å². The highest BCUT2D eigenvalue weighted by Gasteiger charge is 2.18. The minimum atomic E-state index is -2.92. The van der Waals surface area contributed by atoms with Crippen LogP contribution in [0, 0.1) is 0 Å². The fraction of sp³-hybridized carbons (Fsp3) is 0.263. The van der Waals surface area contributed by atoms with Crippen LogP contribution in [0.3, 0.4) is 0 Å². The lowest BCUT2D eigenvalue weighted by molar-refractivity contribution is -0.0494. The maximum Gasteiger partial charge on any atom is 0.387 e. The van der Waals surface area contributed by atoms with Crippen LogP contribution < -0.4 is 4.74 Å². The summed E-state index contributed by atoms with van der Waals surface area (Å²) >= 11 is 0. The van der Waals surface area contributed by atoms with Gasteiger partial charge < -0.3 is 9.26 Å². The standard InChI is InChI=1S/C19H19F2N3O2/c1-13(14-8-4-3-5-9-14)24(2)12-17-22-18(23-26-17)15-10-6-7-11-16(15)25-19(20)21/h3-11,13,19H,12H2,1-2H3. The van der Waals surface area contributed by atoms with E-state index in [9.17, 15) is 8.78 Å². The SMILES string of the molecule is CC(c1ccccc1)N(C)Cc1nc(-c2ccccc2OC(F)F)no1. The number of nitrogens with zero attached hydrogens (tertiary/aromatic N) is 3. The van der Waals surface area contributed by atoms with E-state index < -0.39 is 6.61 Å². The van der Waals surface area contributed by atoms with Gasteiger partial charge in [-0.15, -0.1) is 0 Å². The van der Waals surface area contributed by atoms with Crippen LogP contribution in [0.4, 0.5) is 8.78 Å². The molecule has 1 unspecified atom stereocenters. The van der Waals surface area contributed by atoms with Crippen molar-refractivity contribution >= 4 is 0 Å². The van der Waals surface area contributed by atoms with E-state index in [1.54, 1.807) is 18.2 Å². The number of hydrogen-bond donors (Lipinski definition) is 0. The predicted molar refractivity (Wildman–Crippen MR) is 92.7 cm³/mol. The second-order valence-electron chi connectivity index (χ2n) is 5.89. The van der Waals surface area contributed by atoms with Crippen LogP contribution in [-0.4, -0.2) is 28.7 Å². The van der Waals surface area contributed by atoms with Gasteiger partial charge in [0, 0.05) is 6.04 Å². The molecule has 1 aromatic heterocycles. The fourth-order valence-corrected chi connectivity index (χ4v) is 2.61. The molecule has 0 bridgehead atoms. The van der Waals surface area contributed by atoms with Gasteiger partial charge in [0.15, 0.2) is 0 Å². The summed E-state index contributed by atoms with van der Waals surface area (Å²) in [6.07, 6.45) is 0. The average Bonchev–Trinajstić information content (AvgIpc) is 3.10. The molecule has 7 heteroatoms. The highest BCUT2D eigenvalue weighted by Crippen LogP contribution is 2.29. The third-order valence-corrected chi connectivity index (χ3v) is 4.14. The molecule has 0 N–H and O–H groups in total. The second kappa shape index (κ2) is 8.05. The van der Waals surface area contributed by atoms with Crippen molar-refractivity contribution in [3.05, 3.63) is 66.1 Å². The first-order valence-electron chi connectivity index (χ1n) is 8.16. The Hall–Kier alpha value is -2.80. The Morgan fingerprint density at radius 3 is 2.50 bits per heavy atom. The van der Waals surface area contributed by atoms with Crippen molar-refractivity contribution in [3.63, 3.8) is 0 Å². The minimum absolute atomic E-state index is 0.0147. The van der Waals surface area contributed by atoms with E-state index in [2.05, 4.69) is 38.8 Å². The Balaban J connectivity index is 1.74. The van der Waals surface area contributed by atoms with Crippen molar-refractivity contribution in [2.24, 2.45) is 0 Å². The summed E-state index contributed by atoms with van der Waals surface area (Å²) in [5, 5.41) is 3.90. The molecule has 2 aromatic carbocycles. The number of hydrogen-bond acceptors (Lipinski definition) is 5. The van der Waals surface area contributed by atoms with E-state index in [1.165, 1.54) is 11.6 Å². The van der Waals surface area contributed by atoms with Gasteiger partial charge >= 0.3 is 6.61 Å². The van der Waals surface area contributed by atoms with Crippen molar-refractivity contribution in [1.82, 2.24) is 15.0 Å². The predicted octanol–water partition coefficient (Wildman–Crippen LogP) is 4.53. The van der Waals surface area contributed by atoms with Gasteiger partial charge in [-0.3, -0.25) is 4.90 Å². The Morgan fingerprint density at radius 2 is 1.77 bits per heavy atom. The quantitative estimate of drug-likeness (QED) is 0.620. The lowest BCUT2D eigenvalue weighted by Crippen LogP contribution is -2.22. The van der Waals surface area contributed by atoms with Crippen LogP contribution in [0.5, 0.6) is 5.75 Å². The third kappa shape index (κ3) is 4.23. The molecule has 0 radical (unpaired) electrons. The van der Waals surface area contributed by atoms with E-state index >= 15 is 0 Å². The largest absolute Gasteiger partial charge is 0.434 e. The van der Waals surface area contributed by atoms with E-state index in [0.29, 0.717) is 18.0 Å². The summed E-state index contributed by atoms with van der Waals surface area (Å²) in [4.78, 5) is 6.38. The molecule has 0 amide bonds. The number of rotatable bonds is 7. The first-order chi connectivity index (χ1) is 12.5. The van der Waals surface area contributed by atoms with E-state index in [1.807, 2.05) is 25.2 Å². The van der Waals surface area contributed by atoms with Crippen LogP contribution in [0.25, 0.3) is 11.4 Å². The summed E-state index contributed by atoms with van der Waals surface area (Å²) in [7, 11) is 1.95. The number of aromatic nitrogens is 2. The van der Waals surface area contributed by atoms with Gasteiger partial charge in [0.2, 0.25) is 11.7 Å². The molecule has 0 spiro atoms. The number of ether oxygens (including phenoxy) is 1. The fourth-order valence-electron chi connectivity index (χ4n) is 2.61. The van der Waals surface area contributed by atoms with E-state index in [4.69, 9.17) is 4.52 Å². The average molecular weight is 359 g/mol. The van der Waals surface area contributed by atoms with Gasteiger partial charge in [0.1, 0.15) is 5.75 Å². The molecule has 3 aromatic rings. The van der Waals surface area contributed by atoms with Gasteiger partial charge in [-0.05, 0) is 31.7 Å². The zero-order valence-electron chi connectivity index (χ0n) is 14.5. The molecule has 0 aliphatic heterocycles. The smallest absolute Gasteiger partial charge is 0.387 e. The number of alkyl halides is 2. The van der Waals surface area contributed by atoms with Crippen LogP contribution in [0.15, 0.2) is 59.1 Å². The van der Waals surface area contributed by atoms with Gasteiger partial charge in [-0.2, -0.15) is 13.8 Å². The topological polar surface area (TPSA) is 51.4 Å². The maximum atomic E-state index is 12.6. The Kier molecular flexibility index (Phi) is 5.58. The first-order valence-corrected chi connectivity index (χ1v) is 8.16. The van der Waals surface area contributed by atoms with Gasteiger partial charge in [0.05, 0.1) is 12.1 Å². The van der Waals surface area contributed by atoms with Crippen LogP contribution in [0.1, 0.15) is 24.4 Å². The number of halogens is 2. The van der Waals surface area contributed by atoms with Crippen molar-refractivity contribution in [1.29, 1.82) is 0 Å². The lowest BCUT2D eigenvalue weighted by Gasteiger charge is -2.23. The molecule has 5 nitrogen and oxygen atoms in total. The minimum Gasteiger partial charge on any atom is -0.434 e. The van der Waals surface area contributed by atoms with Crippen molar-refractivity contribution in [3.8, 4) is 17.1 Å². The molecule has 1 atom stereocenters. The molecule has 0 saturated carbocycles. The molecule has 136 valence electrons. The molecular formula is C19H19F2N3O2. The molecular weight excluding hydrogens is 340 g/mol. The van der Waals surface area contributed by atoms with Crippen molar-refractivity contribution in [2.75, 3.05) is 7.05 Å². The summed E-state index contributed by atoms with van der Waals surface area (Å²) in [5.41, 5.74) is 1.53. The highest BCUT2D eigenvalue weighted by molar-refractivity contribution is 5.63. The maximum absolute atomic E-state index is 12.6. The summed E-state index contributed by atoms with van der Waals surface area (Å²) in [6.45, 7) is -0.403. The van der Waals surface area contributed by atoms with Crippen LogP contribution in [-0.2, 0) is 6.54 Å². The number of para-hydroxylation sites is 1. The molecule has 0 saturated heterocycles. The van der Waals surface area contributed by atoms with Crippen molar-refractivity contribution in [2.45, 2.75) is 26.1 Å². The van der Waals surface area contributed by atoms with Gasteiger partial charge in [-0.25, -0.2) is 0 Å². The summed E-state index contributed by atoms with van der Waals surface area (Å²) in [5.74, 6) is 0.634. The zero-order valence-corrected chi connectivity index (χ0v) is 14.5. The number of benzene rings is 2. The molecule has 0 fully saturated rings. The molecule has 0 aliphatic rings. The Bertz CT molecular complexity index is 840. The zero-order chi connectivity index (χ0) is 18.5. The summed E-state index contributed by atoms with van der Waals surface area (Å²) < 4.78 is 34.9. The lowest BCUT2D eigenvalue weighted by atomic mass is 10.1.